The molecule has 3 rings (SSSR count). The van der Waals surface area contributed by atoms with E-state index in [4.69, 9.17) is 4.74 Å². The molecular weight excluding hydrogens is 342 g/mol. The molecule has 1 unspecified atom stereocenters. The number of methoxy groups -OCH3 is 1. The van der Waals surface area contributed by atoms with Crippen LogP contribution in [0.15, 0.2) is 42.5 Å². The van der Waals surface area contributed by atoms with E-state index in [0.717, 1.165) is 11.1 Å². The van der Waals surface area contributed by atoms with Crippen molar-refractivity contribution in [1.82, 2.24) is 25.5 Å². The molecule has 1 aromatic heterocycles. The van der Waals surface area contributed by atoms with Gasteiger partial charge in [0.15, 0.2) is 0 Å². The second-order valence-corrected chi connectivity index (χ2v) is 6.51. The maximum atomic E-state index is 12.3. The Morgan fingerprint density at radius 2 is 2.00 bits per heavy atom. The van der Waals surface area contributed by atoms with Crippen molar-refractivity contribution < 1.29 is 9.53 Å². The predicted octanol–water partition coefficient (Wildman–Crippen LogP) is 2.84. The van der Waals surface area contributed by atoms with Gasteiger partial charge in [0, 0.05) is 5.56 Å². The molecule has 0 aliphatic heterocycles. The SMILES string of the molecule is COc1cccc(-c2nnn(CC(=O)NC(C)c3ccc(C)c(C)c3)n2)c1. The van der Waals surface area contributed by atoms with Gasteiger partial charge >= 0.3 is 0 Å². The largest absolute Gasteiger partial charge is 0.497 e. The number of aromatic nitrogens is 4. The highest BCUT2D eigenvalue weighted by Crippen LogP contribution is 2.20. The fourth-order valence-corrected chi connectivity index (χ4v) is 2.72. The van der Waals surface area contributed by atoms with Crippen LogP contribution in [-0.4, -0.2) is 33.2 Å². The smallest absolute Gasteiger partial charge is 0.244 e. The van der Waals surface area contributed by atoms with Crippen LogP contribution in [0.3, 0.4) is 0 Å². The zero-order valence-electron chi connectivity index (χ0n) is 15.9. The molecule has 1 N–H and O–H groups in total. The number of nitrogens with one attached hydrogen (secondary N) is 1. The summed E-state index contributed by atoms with van der Waals surface area (Å²) in [4.78, 5) is 13.6. The Bertz CT molecular complexity index is 951. The number of amides is 1. The van der Waals surface area contributed by atoms with E-state index >= 15 is 0 Å². The summed E-state index contributed by atoms with van der Waals surface area (Å²) >= 11 is 0. The third-order valence-corrected chi connectivity index (χ3v) is 4.47. The first kappa shape index (κ1) is 18.6. The number of nitrogens with zero attached hydrogens (tertiary/aromatic N) is 4. The fourth-order valence-electron chi connectivity index (χ4n) is 2.72. The molecular formula is C20H23N5O2. The van der Waals surface area contributed by atoms with Gasteiger partial charge in [-0.25, -0.2) is 0 Å². The molecule has 0 bridgehead atoms. The van der Waals surface area contributed by atoms with E-state index in [0.29, 0.717) is 11.6 Å². The molecule has 0 aliphatic rings. The van der Waals surface area contributed by atoms with Gasteiger partial charge in [0.2, 0.25) is 11.7 Å². The molecule has 1 heterocycles. The number of carbonyl (C=O) groups is 1. The highest BCUT2D eigenvalue weighted by molar-refractivity contribution is 5.76. The van der Waals surface area contributed by atoms with Gasteiger partial charge in [0.25, 0.3) is 0 Å². The number of hydrogen-bond acceptors (Lipinski definition) is 5. The molecule has 2 aromatic carbocycles. The Balaban J connectivity index is 1.64. The van der Waals surface area contributed by atoms with Gasteiger partial charge in [-0.2, -0.15) is 4.80 Å². The Kier molecular flexibility index (Phi) is 5.49. The lowest BCUT2D eigenvalue weighted by atomic mass is 10.0. The maximum absolute atomic E-state index is 12.3. The number of rotatable bonds is 6. The van der Waals surface area contributed by atoms with E-state index in [1.165, 1.54) is 15.9 Å². The lowest BCUT2D eigenvalue weighted by molar-refractivity contribution is -0.122. The quantitative estimate of drug-likeness (QED) is 0.726. The van der Waals surface area contributed by atoms with E-state index in [2.05, 4.69) is 46.7 Å². The predicted molar refractivity (Wildman–Crippen MR) is 102 cm³/mol. The number of benzene rings is 2. The average molecular weight is 365 g/mol. The third kappa shape index (κ3) is 4.49. The second-order valence-electron chi connectivity index (χ2n) is 6.51. The number of ether oxygens (including phenoxy) is 1. The lowest BCUT2D eigenvalue weighted by Crippen LogP contribution is -2.30. The molecule has 0 saturated heterocycles. The number of hydrogen-bond donors (Lipinski definition) is 1. The van der Waals surface area contributed by atoms with Crippen molar-refractivity contribution in [3.05, 3.63) is 59.2 Å². The van der Waals surface area contributed by atoms with Crippen LogP contribution < -0.4 is 10.1 Å². The highest BCUT2D eigenvalue weighted by atomic mass is 16.5. The van der Waals surface area contributed by atoms with E-state index in [1.54, 1.807) is 7.11 Å². The summed E-state index contributed by atoms with van der Waals surface area (Å²) in [5.74, 6) is 0.989. The number of tetrazole rings is 1. The average Bonchev–Trinajstić information content (AvgIpc) is 3.12. The minimum Gasteiger partial charge on any atom is -0.497 e. The summed E-state index contributed by atoms with van der Waals surface area (Å²) in [6.45, 7) is 6.09. The van der Waals surface area contributed by atoms with Gasteiger partial charge < -0.3 is 10.1 Å². The van der Waals surface area contributed by atoms with E-state index in [-0.39, 0.29) is 18.5 Å². The van der Waals surface area contributed by atoms with Gasteiger partial charge in [-0.3, -0.25) is 4.79 Å². The molecule has 1 atom stereocenters. The van der Waals surface area contributed by atoms with Crippen molar-refractivity contribution in [2.75, 3.05) is 7.11 Å². The molecule has 7 heteroatoms. The van der Waals surface area contributed by atoms with Crippen molar-refractivity contribution in [2.24, 2.45) is 0 Å². The van der Waals surface area contributed by atoms with E-state index in [9.17, 15) is 4.79 Å². The summed E-state index contributed by atoms with van der Waals surface area (Å²) in [7, 11) is 1.60. The summed E-state index contributed by atoms with van der Waals surface area (Å²) in [5.41, 5.74) is 4.28. The first-order valence-electron chi connectivity index (χ1n) is 8.75. The lowest BCUT2D eigenvalue weighted by Gasteiger charge is -2.15. The van der Waals surface area contributed by atoms with Crippen LogP contribution >= 0.6 is 0 Å². The van der Waals surface area contributed by atoms with Crippen LogP contribution in [0.25, 0.3) is 11.4 Å². The fraction of sp³-hybridized carbons (Fsp3) is 0.300. The maximum Gasteiger partial charge on any atom is 0.244 e. The van der Waals surface area contributed by atoms with Crippen molar-refractivity contribution >= 4 is 5.91 Å². The molecule has 7 nitrogen and oxygen atoms in total. The standard InChI is InChI=1S/C20H23N5O2/c1-13-8-9-16(10-14(13)2)15(3)21-19(26)12-25-23-20(22-24-25)17-6-5-7-18(11-17)27-4/h5-11,15H,12H2,1-4H3,(H,21,26). The monoisotopic (exact) mass is 365 g/mol. The molecule has 27 heavy (non-hydrogen) atoms. The van der Waals surface area contributed by atoms with Crippen molar-refractivity contribution in [1.29, 1.82) is 0 Å². The summed E-state index contributed by atoms with van der Waals surface area (Å²) < 4.78 is 5.20. The minimum absolute atomic E-state index is 0.00610. The van der Waals surface area contributed by atoms with Crippen LogP contribution in [0.2, 0.25) is 0 Å². The van der Waals surface area contributed by atoms with Crippen LogP contribution in [0.1, 0.15) is 29.7 Å². The van der Waals surface area contributed by atoms with Gasteiger partial charge in [-0.05, 0) is 54.8 Å². The molecule has 1 amide bonds. The molecule has 0 spiro atoms. The topological polar surface area (TPSA) is 81.9 Å². The van der Waals surface area contributed by atoms with Crippen LogP contribution in [0, 0.1) is 13.8 Å². The Labute approximate surface area is 158 Å². The highest BCUT2D eigenvalue weighted by Gasteiger charge is 2.13. The first-order valence-corrected chi connectivity index (χ1v) is 8.75. The van der Waals surface area contributed by atoms with Crippen molar-refractivity contribution in [3.63, 3.8) is 0 Å². The Morgan fingerprint density at radius 3 is 2.74 bits per heavy atom. The minimum atomic E-state index is -0.171. The van der Waals surface area contributed by atoms with Crippen LogP contribution in [-0.2, 0) is 11.3 Å². The third-order valence-electron chi connectivity index (χ3n) is 4.47. The zero-order chi connectivity index (χ0) is 19.4. The van der Waals surface area contributed by atoms with Crippen LogP contribution in [0.5, 0.6) is 5.75 Å². The molecule has 0 saturated carbocycles. The van der Waals surface area contributed by atoms with Gasteiger partial charge in [-0.15, -0.1) is 10.2 Å². The Morgan fingerprint density at radius 1 is 1.19 bits per heavy atom. The Hall–Kier alpha value is -3.22. The van der Waals surface area contributed by atoms with E-state index in [1.807, 2.05) is 37.3 Å². The van der Waals surface area contributed by atoms with Gasteiger partial charge in [0.1, 0.15) is 12.3 Å². The number of carbonyl (C=O) groups excluding carboxylic acids is 1. The summed E-state index contributed by atoms with van der Waals surface area (Å²) in [5, 5.41) is 15.2. The first-order chi connectivity index (χ1) is 13.0. The molecule has 3 aromatic rings. The summed E-state index contributed by atoms with van der Waals surface area (Å²) in [6, 6.07) is 13.5. The molecule has 0 aliphatic carbocycles. The van der Waals surface area contributed by atoms with E-state index < -0.39 is 0 Å². The van der Waals surface area contributed by atoms with Gasteiger partial charge in [0.05, 0.1) is 13.2 Å². The molecule has 0 fully saturated rings. The van der Waals surface area contributed by atoms with Crippen molar-refractivity contribution in [3.8, 4) is 17.1 Å². The zero-order valence-corrected chi connectivity index (χ0v) is 15.9. The van der Waals surface area contributed by atoms with Crippen molar-refractivity contribution in [2.45, 2.75) is 33.4 Å². The van der Waals surface area contributed by atoms with Crippen LogP contribution in [0.4, 0.5) is 0 Å². The van der Waals surface area contributed by atoms with Gasteiger partial charge in [-0.1, -0.05) is 30.3 Å². The molecule has 140 valence electrons. The summed E-state index contributed by atoms with van der Waals surface area (Å²) in [6.07, 6.45) is 0. The second kappa shape index (κ2) is 7.99. The number of aryl methyl sites for hydroxylation is 2. The molecule has 0 radical (unpaired) electrons. The normalized spacial score (nSPS) is 11.9.